The Hall–Kier alpha value is -4.25. The molecule has 0 saturated heterocycles. The highest BCUT2D eigenvalue weighted by molar-refractivity contribution is 5.47. The third kappa shape index (κ3) is 8.19. The summed E-state index contributed by atoms with van der Waals surface area (Å²) in [6.45, 7) is 2.78. The highest BCUT2D eigenvalue weighted by atomic mass is 16.5. The molecular formula is C42H48O5. The third-order valence-corrected chi connectivity index (χ3v) is 10.8. The van der Waals surface area contributed by atoms with Gasteiger partial charge in [-0.25, -0.2) is 0 Å². The van der Waals surface area contributed by atoms with Crippen LogP contribution in [-0.4, -0.2) is 13.6 Å². The second kappa shape index (κ2) is 15.6. The van der Waals surface area contributed by atoms with Crippen LogP contribution in [0.2, 0.25) is 0 Å². The normalized spacial score (nSPS) is 22.6. The van der Waals surface area contributed by atoms with E-state index < -0.39 is 0 Å². The summed E-state index contributed by atoms with van der Waals surface area (Å²) in [6, 6.07) is 32.1. The molecule has 2 fully saturated rings. The van der Waals surface area contributed by atoms with Gasteiger partial charge in [-0.1, -0.05) is 76.1 Å². The first kappa shape index (κ1) is 32.7. The summed E-state index contributed by atoms with van der Waals surface area (Å²) in [4.78, 5) is 10.6. The first-order chi connectivity index (χ1) is 23.1. The maximum Gasteiger partial charge on any atom is 0.298 e. The molecule has 2 aliphatic rings. The van der Waals surface area contributed by atoms with Gasteiger partial charge in [0.05, 0.1) is 7.11 Å². The fraction of sp³-hybridized carbons (Fsp3) is 0.405. The molecule has 47 heavy (non-hydrogen) atoms. The van der Waals surface area contributed by atoms with Crippen molar-refractivity contribution < 1.29 is 23.7 Å². The lowest BCUT2D eigenvalue weighted by Gasteiger charge is -2.42. The van der Waals surface area contributed by atoms with E-state index in [1.165, 1.54) is 68.9 Å². The molecule has 0 amide bonds. The molecular weight excluding hydrogens is 584 g/mol. The van der Waals surface area contributed by atoms with Crippen molar-refractivity contribution in [3.8, 4) is 34.5 Å². The summed E-state index contributed by atoms with van der Waals surface area (Å²) < 4.78 is 22.5. The van der Waals surface area contributed by atoms with Gasteiger partial charge in [-0.3, -0.25) is 4.79 Å². The number of hydrogen-bond acceptors (Lipinski definition) is 5. The molecule has 2 saturated carbocycles. The minimum Gasteiger partial charge on any atom is -0.497 e. The van der Waals surface area contributed by atoms with Gasteiger partial charge in [0.25, 0.3) is 6.47 Å². The van der Waals surface area contributed by atoms with Crippen LogP contribution in [0.25, 0.3) is 0 Å². The lowest BCUT2D eigenvalue weighted by Crippen LogP contribution is -2.33. The van der Waals surface area contributed by atoms with Crippen molar-refractivity contribution in [1.82, 2.24) is 0 Å². The molecule has 0 unspecified atom stereocenters. The van der Waals surface area contributed by atoms with E-state index >= 15 is 0 Å². The number of benzene rings is 4. The molecule has 5 heteroatoms. The third-order valence-electron chi connectivity index (χ3n) is 10.8. The van der Waals surface area contributed by atoms with Gasteiger partial charge in [0, 0.05) is 5.41 Å². The molecule has 0 N–H and O–H groups in total. The number of carbonyl (C=O) groups excluding carboxylic acids is 1. The van der Waals surface area contributed by atoms with Crippen molar-refractivity contribution in [1.29, 1.82) is 0 Å². The summed E-state index contributed by atoms with van der Waals surface area (Å²) in [7, 11) is 1.67. The van der Waals surface area contributed by atoms with Crippen LogP contribution in [0.3, 0.4) is 0 Å². The van der Waals surface area contributed by atoms with Crippen molar-refractivity contribution in [2.75, 3.05) is 7.11 Å². The topological polar surface area (TPSA) is 54.0 Å². The van der Waals surface area contributed by atoms with Gasteiger partial charge in [-0.2, -0.15) is 0 Å². The predicted octanol–water partition coefficient (Wildman–Crippen LogP) is 11.3. The molecule has 6 rings (SSSR count). The van der Waals surface area contributed by atoms with Gasteiger partial charge in [-0.05, 0) is 127 Å². The van der Waals surface area contributed by atoms with E-state index in [1.807, 2.05) is 24.3 Å². The van der Waals surface area contributed by atoms with Crippen LogP contribution in [-0.2, 0) is 10.2 Å². The molecule has 5 nitrogen and oxygen atoms in total. The molecule has 0 aromatic heterocycles. The monoisotopic (exact) mass is 632 g/mol. The molecule has 4 aromatic carbocycles. The van der Waals surface area contributed by atoms with Crippen LogP contribution in [0.15, 0.2) is 97.1 Å². The average molecular weight is 633 g/mol. The first-order valence-corrected chi connectivity index (χ1v) is 17.5. The molecule has 0 radical (unpaired) electrons. The number of hydrogen-bond donors (Lipinski definition) is 0. The van der Waals surface area contributed by atoms with Crippen molar-refractivity contribution in [3.63, 3.8) is 0 Å². The Bertz CT molecular complexity index is 1530. The van der Waals surface area contributed by atoms with Gasteiger partial charge in [0.15, 0.2) is 0 Å². The van der Waals surface area contributed by atoms with Crippen molar-refractivity contribution in [2.45, 2.75) is 83.0 Å². The summed E-state index contributed by atoms with van der Waals surface area (Å²) in [5.74, 6) is 7.10. The second-order valence-corrected chi connectivity index (χ2v) is 13.5. The zero-order chi connectivity index (χ0) is 32.5. The molecule has 0 atom stereocenters. The van der Waals surface area contributed by atoms with E-state index in [0.717, 1.165) is 53.6 Å². The fourth-order valence-corrected chi connectivity index (χ4v) is 7.84. The Morgan fingerprint density at radius 2 is 0.936 bits per heavy atom. The lowest BCUT2D eigenvalue weighted by molar-refractivity contribution is -0.120. The van der Waals surface area contributed by atoms with E-state index in [2.05, 4.69) is 55.5 Å². The number of carbonyl (C=O) groups is 1. The number of methoxy groups -OCH3 is 1. The van der Waals surface area contributed by atoms with E-state index in [1.54, 1.807) is 31.4 Å². The van der Waals surface area contributed by atoms with Crippen LogP contribution in [0, 0.1) is 17.8 Å². The molecule has 0 heterocycles. The Morgan fingerprint density at radius 1 is 0.553 bits per heavy atom. The predicted molar refractivity (Wildman–Crippen MR) is 187 cm³/mol. The van der Waals surface area contributed by atoms with E-state index in [-0.39, 0.29) is 5.41 Å². The SMILES string of the molecule is CCC1CCC(CCC2CCC(c3ccc(Oc4ccc(OC)cc4)cc3)(c3ccc(Oc4ccc(OC=O)cc4)cc3)CC2)CC1. The minimum absolute atomic E-state index is 0.0549. The average Bonchev–Trinajstić information content (AvgIpc) is 3.13. The van der Waals surface area contributed by atoms with Crippen LogP contribution < -0.4 is 18.9 Å². The highest BCUT2D eigenvalue weighted by Crippen LogP contribution is 2.49. The molecule has 2 aliphatic carbocycles. The standard InChI is InChI=1S/C42H48O5/c1-3-31-4-6-32(7-5-31)8-9-33-26-28-42(29-27-33,34-10-14-38(15-11-34)46-40-22-18-36(44-2)19-23-40)35-12-16-39(17-13-35)47-41-24-20-37(21-25-41)45-30-43/h10-25,30-33H,3-9,26-29H2,1-2H3. The Morgan fingerprint density at radius 3 is 1.36 bits per heavy atom. The van der Waals surface area contributed by atoms with Crippen molar-refractivity contribution in [3.05, 3.63) is 108 Å². The van der Waals surface area contributed by atoms with Gasteiger partial charge in [0.2, 0.25) is 0 Å². The Kier molecular flexibility index (Phi) is 10.8. The van der Waals surface area contributed by atoms with Gasteiger partial charge in [-0.15, -0.1) is 0 Å². The maximum absolute atomic E-state index is 10.6. The van der Waals surface area contributed by atoms with Gasteiger partial charge in [0.1, 0.15) is 34.5 Å². The molecule has 4 aromatic rings. The summed E-state index contributed by atoms with van der Waals surface area (Å²) in [5.41, 5.74) is 2.62. The smallest absolute Gasteiger partial charge is 0.298 e. The zero-order valence-corrected chi connectivity index (χ0v) is 27.9. The quantitative estimate of drug-likeness (QED) is 0.137. The van der Waals surface area contributed by atoms with E-state index in [9.17, 15) is 4.79 Å². The van der Waals surface area contributed by atoms with Crippen LogP contribution in [0.5, 0.6) is 34.5 Å². The maximum atomic E-state index is 10.6. The Balaban J connectivity index is 1.16. The molecule has 0 spiro atoms. The fourth-order valence-electron chi connectivity index (χ4n) is 7.84. The zero-order valence-electron chi connectivity index (χ0n) is 27.9. The summed E-state index contributed by atoms with van der Waals surface area (Å²) in [6.07, 6.45) is 14.6. The van der Waals surface area contributed by atoms with E-state index in [0.29, 0.717) is 18.0 Å². The van der Waals surface area contributed by atoms with Gasteiger partial charge < -0.3 is 18.9 Å². The van der Waals surface area contributed by atoms with Crippen LogP contribution in [0.1, 0.15) is 88.7 Å². The van der Waals surface area contributed by atoms with Crippen molar-refractivity contribution >= 4 is 6.47 Å². The molecule has 246 valence electrons. The van der Waals surface area contributed by atoms with Crippen LogP contribution in [0.4, 0.5) is 0 Å². The van der Waals surface area contributed by atoms with E-state index in [4.69, 9.17) is 18.9 Å². The second-order valence-electron chi connectivity index (χ2n) is 13.5. The number of rotatable bonds is 13. The summed E-state index contributed by atoms with van der Waals surface area (Å²) >= 11 is 0. The Labute approximate surface area is 280 Å². The first-order valence-electron chi connectivity index (χ1n) is 17.5. The minimum atomic E-state index is -0.0549. The number of ether oxygens (including phenoxy) is 4. The molecule has 0 aliphatic heterocycles. The van der Waals surface area contributed by atoms with Gasteiger partial charge >= 0.3 is 0 Å². The van der Waals surface area contributed by atoms with Crippen molar-refractivity contribution in [2.24, 2.45) is 17.8 Å². The summed E-state index contributed by atoms with van der Waals surface area (Å²) in [5, 5.41) is 0. The lowest BCUT2D eigenvalue weighted by atomic mass is 9.62. The molecule has 0 bridgehead atoms. The highest BCUT2D eigenvalue weighted by Gasteiger charge is 2.38. The largest absolute Gasteiger partial charge is 0.497 e. The van der Waals surface area contributed by atoms with Crippen LogP contribution >= 0.6 is 0 Å².